The van der Waals surface area contributed by atoms with Gasteiger partial charge in [0.05, 0.1) is 11.8 Å². The van der Waals surface area contributed by atoms with Crippen molar-refractivity contribution in [3.63, 3.8) is 0 Å². The SMILES string of the molecule is CC1(C)CC(=O)C2=C(C1)NC1=C(CN=N1)C21CCN(S(=O)(=O)C2CCOCC2)CC1. The predicted molar refractivity (Wildman–Crippen MR) is 111 cm³/mol. The number of nitrogens with zero attached hydrogens (tertiary/aromatic N) is 3. The average molecular weight is 435 g/mol. The van der Waals surface area contributed by atoms with Crippen molar-refractivity contribution in [3.05, 3.63) is 22.7 Å². The maximum Gasteiger partial charge on any atom is 0.217 e. The van der Waals surface area contributed by atoms with Crippen LogP contribution in [0.25, 0.3) is 0 Å². The molecule has 0 radical (unpaired) electrons. The van der Waals surface area contributed by atoms with Crippen molar-refractivity contribution >= 4 is 15.8 Å². The Hall–Kier alpha value is -1.58. The number of carbonyl (C=O) groups is 1. The van der Waals surface area contributed by atoms with Crippen LogP contribution in [0.4, 0.5) is 0 Å². The van der Waals surface area contributed by atoms with E-state index in [2.05, 4.69) is 29.4 Å². The number of piperidine rings is 1. The smallest absolute Gasteiger partial charge is 0.217 e. The number of sulfonamides is 1. The van der Waals surface area contributed by atoms with Crippen LogP contribution >= 0.6 is 0 Å². The summed E-state index contributed by atoms with van der Waals surface area (Å²) in [6.45, 7) is 6.61. The van der Waals surface area contributed by atoms with E-state index in [0.29, 0.717) is 65.0 Å². The number of Topliss-reactive ketones (excluding diaryl/α,β-unsaturated/α-hetero) is 1. The molecule has 5 rings (SSSR count). The van der Waals surface area contributed by atoms with Gasteiger partial charge in [-0.2, -0.15) is 5.11 Å². The quantitative estimate of drug-likeness (QED) is 0.720. The van der Waals surface area contributed by atoms with E-state index in [1.54, 1.807) is 4.31 Å². The summed E-state index contributed by atoms with van der Waals surface area (Å²) in [5.41, 5.74) is 2.38. The molecule has 9 heteroatoms. The standard InChI is InChI=1S/C21H30N4O4S/c1-20(2)11-16-18(17(26)12-20)21(15-13-22-24-19(15)23-16)5-7-25(8-6-21)30(27,28)14-3-9-29-10-4-14/h14,23H,3-13H2,1-2H3. The van der Waals surface area contributed by atoms with Crippen LogP contribution in [-0.2, 0) is 19.6 Å². The summed E-state index contributed by atoms with van der Waals surface area (Å²) >= 11 is 0. The highest BCUT2D eigenvalue weighted by atomic mass is 32.2. The number of dihydropyridines is 1. The zero-order chi connectivity index (χ0) is 21.1. The van der Waals surface area contributed by atoms with Gasteiger partial charge in [0, 0.05) is 55.0 Å². The first-order valence-electron chi connectivity index (χ1n) is 10.9. The van der Waals surface area contributed by atoms with Gasteiger partial charge in [-0.05, 0) is 37.5 Å². The van der Waals surface area contributed by atoms with E-state index in [1.807, 2.05) is 0 Å². The fourth-order valence-corrected chi connectivity index (χ4v) is 7.83. The van der Waals surface area contributed by atoms with Gasteiger partial charge in [0.1, 0.15) is 0 Å². The summed E-state index contributed by atoms with van der Waals surface area (Å²) in [4.78, 5) is 13.3. The lowest BCUT2D eigenvalue weighted by Crippen LogP contribution is -2.52. The lowest BCUT2D eigenvalue weighted by Gasteiger charge is -2.49. The van der Waals surface area contributed by atoms with Crippen LogP contribution in [0.2, 0.25) is 0 Å². The summed E-state index contributed by atoms with van der Waals surface area (Å²) < 4.78 is 33.4. The first-order valence-corrected chi connectivity index (χ1v) is 12.4. The highest BCUT2D eigenvalue weighted by Gasteiger charge is 2.53. The zero-order valence-corrected chi connectivity index (χ0v) is 18.6. The van der Waals surface area contributed by atoms with Gasteiger partial charge in [-0.25, -0.2) is 12.7 Å². The molecule has 1 N–H and O–H groups in total. The maximum absolute atomic E-state index is 13.3. The Morgan fingerprint density at radius 3 is 2.53 bits per heavy atom. The van der Waals surface area contributed by atoms with Crippen LogP contribution in [0.5, 0.6) is 0 Å². The number of carbonyl (C=O) groups excluding carboxylic acids is 1. The van der Waals surface area contributed by atoms with Crippen molar-refractivity contribution in [3.8, 4) is 0 Å². The number of rotatable bonds is 2. The molecule has 0 aromatic heterocycles. The fraction of sp³-hybridized carbons (Fsp3) is 0.762. The molecule has 2 saturated heterocycles. The van der Waals surface area contributed by atoms with E-state index in [1.165, 1.54) is 0 Å². The highest BCUT2D eigenvalue weighted by Crippen LogP contribution is 2.55. The molecule has 0 unspecified atom stereocenters. The number of ketones is 1. The van der Waals surface area contributed by atoms with Crippen molar-refractivity contribution in [1.29, 1.82) is 0 Å². The largest absolute Gasteiger partial charge is 0.381 e. The Morgan fingerprint density at radius 2 is 1.83 bits per heavy atom. The molecule has 5 aliphatic rings. The molecule has 0 atom stereocenters. The van der Waals surface area contributed by atoms with Crippen LogP contribution in [-0.4, -0.2) is 56.6 Å². The third-order valence-electron chi connectivity index (χ3n) is 7.41. The highest BCUT2D eigenvalue weighted by molar-refractivity contribution is 7.89. The summed E-state index contributed by atoms with van der Waals surface area (Å²) in [7, 11) is -3.35. The first kappa shape index (κ1) is 20.3. The topological polar surface area (TPSA) is 100 Å². The van der Waals surface area contributed by atoms with Crippen molar-refractivity contribution in [2.24, 2.45) is 21.1 Å². The zero-order valence-electron chi connectivity index (χ0n) is 17.7. The molecule has 8 nitrogen and oxygen atoms in total. The molecule has 4 aliphatic heterocycles. The molecule has 0 aromatic carbocycles. The summed E-state index contributed by atoms with van der Waals surface area (Å²) in [6.07, 6.45) is 3.67. The second-order valence-corrected chi connectivity index (χ2v) is 12.2. The minimum Gasteiger partial charge on any atom is -0.381 e. The minimum absolute atomic E-state index is 0.0923. The van der Waals surface area contributed by atoms with Crippen LogP contribution in [0.1, 0.15) is 52.4 Å². The molecule has 30 heavy (non-hydrogen) atoms. The number of allylic oxidation sites excluding steroid dienone is 2. The second kappa shape index (κ2) is 6.97. The van der Waals surface area contributed by atoms with Gasteiger partial charge < -0.3 is 10.1 Å². The monoisotopic (exact) mass is 434 g/mol. The number of fused-ring (bicyclic) bond motifs is 2. The molecule has 0 saturated carbocycles. The van der Waals surface area contributed by atoms with E-state index in [-0.39, 0.29) is 16.4 Å². The lowest BCUT2D eigenvalue weighted by atomic mass is 9.60. The lowest BCUT2D eigenvalue weighted by molar-refractivity contribution is -0.119. The molecular formula is C21H30N4O4S. The molecule has 4 heterocycles. The molecule has 0 bridgehead atoms. The van der Waals surface area contributed by atoms with Crippen molar-refractivity contribution in [2.45, 2.75) is 57.6 Å². The third-order valence-corrected chi connectivity index (χ3v) is 9.81. The first-order chi connectivity index (χ1) is 14.2. The van der Waals surface area contributed by atoms with E-state index in [4.69, 9.17) is 4.74 Å². The van der Waals surface area contributed by atoms with E-state index in [0.717, 1.165) is 29.1 Å². The van der Waals surface area contributed by atoms with Crippen LogP contribution in [0.15, 0.2) is 32.9 Å². The Kier molecular flexibility index (Phi) is 4.72. The van der Waals surface area contributed by atoms with Gasteiger partial charge in [0.15, 0.2) is 11.6 Å². The van der Waals surface area contributed by atoms with Gasteiger partial charge >= 0.3 is 0 Å². The Morgan fingerprint density at radius 1 is 1.13 bits per heavy atom. The van der Waals surface area contributed by atoms with Crippen molar-refractivity contribution < 1.29 is 17.9 Å². The van der Waals surface area contributed by atoms with Gasteiger partial charge in [-0.1, -0.05) is 13.8 Å². The number of ether oxygens (including phenoxy) is 1. The van der Waals surface area contributed by atoms with E-state index < -0.39 is 15.4 Å². The minimum atomic E-state index is -3.35. The molecule has 0 aromatic rings. The number of hydrogen-bond acceptors (Lipinski definition) is 7. The Labute approximate surface area is 177 Å². The summed E-state index contributed by atoms with van der Waals surface area (Å²) in [5.74, 6) is 0.966. The van der Waals surface area contributed by atoms with Gasteiger partial charge in [0.25, 0.3) is 0 Å². The maximum atomic E-state index is 13.3. The van der Waals surface area contributed by atoms with Crippen LogP contribution < -0.4 is 5.32 Å². The summed E-state index contributed by atoms with van der Waals surface area (Å²) in [5, 5.41) is 11.6. The Balaban J connectivity index is 1.46. The van der Waals surface area contributed by atoms with E-state index >= 15 is 0 Å². The molecule has 0 amide bonds. The van der Waals surface area contributed by atoms with Crippen molar-refractivity contribution in [1.82, 2.24) is 9.62 Å². The third kappa shape index (κ3) is 3.08. The Bertz CT molecular complexity index is 965. The van der Waals surface area contributed by atoms with Crippen LogP contribution in [0.3, 0.4) is 0 Å². The molecule has 164 valence electrons. The number of nitrogens with one attached hydrogen (secondary N) is 1. The van der Waals surface area contributed by atoms with Gasteiger partial charge in [0.2, 0.25) is 10.0 Å². The van der Waals surface area contributed by atoms with E-state index in [9.17, 15) is 13.2 Å². The number of azo groups is 1. The number of hydrogen-bond donors (Lipinski definition) is 1. The molecule has 1 aliphatic carbocycles. The fourth-order valence-electron chi connectivity index (χ4n) is 5.93. The molecule has 1 spiro atoms. The molecule has 2 fully saturated rings. The normalized spacial score (nSPS) is 29.2. The second-order valence-electron chi connectivity index (χ2n) is 9.98. The van der Waals surface area contributed by atoms with Crippen LogP contribution in [0, 0.1) is 10.8 Å². The van der Waals surface area contributed by atoms with Crippen molar-refractivity contribution in [2.75, 3.05) is 32.8 Å². The molecular weight excluding hydrogens is 404 g/mol. The van der Waals surface area contributed by atoms with Gasteiger partial charge in [-0.3, -0.25) is 4.79 Å². The summed E-state index contributed by atoms with van der Waals surface area (Å²) in [6, 6.07) is 0. The average Bonchev–Trinajstić information content (AvgIpc) is 3.17. The van der Waals surface area contributed by atoms with Gasteiger partial charge in [-0.15, -0.1) is 5.11 Å². The predicted octanol–water partition coefficient (Wildman–Crippen LogP) is 2.50.